The highest BCUT2D eigenvalue weighted by Crippen LogP contribution is 2.45. The zero-order valence-electron chi connectivity index (χ0n) is 9.13. The smallest absolute Gasteiger partial charge is 0.215 e. The summed E-state index contributed by atoms with van der Waals surface area (Å²) in [6.45, 7) is 2.82. The molecule has 1 heterocycles. The highest BCUT2D eigenvalue weighted by molar-refractivity contribution is 9.11. The van der Waals surface area contributed by atoms with E-state index in [0.717, 1.165) is 22.3 Å². The third kappa shape index (κ3) is 2.60. The lowest BCUT2D eigenvalue weighted by Crippen LogP contribution is -2.46. The van der Waals surface area contributed by atoms with Gasteiger partial charge in [-0.2, -0.15) is 0 Å². The second-order valence-corrected chi connectivity index (χ2v) is 7.10. The number of para-hydroxylation sites is 1. The summed E-state index contributed by atoms with van der Waals surface area (Å²) < 4.78 is -0.475. The van der Waals surface area contributed by atoms with Gasteiger partial charge < -0.3 is 4.90 Å². The molecule has 1 atom stereocenters. The molecule has 0 aliphatic carbocycles. The highest BCUT2D eigenvalue weighted by atomic mass is 79.9. The molecule has 1 aliphatic heterocycles. The third-order valence-electron chi connectivity index (χ3n) is 2.76. The summed E-state index contributed by atoms with van der Waals surface area (Å²) in [6, 6.07) is 7.79. The van der Waals surface area contributed by atoms with E-state index in [1.165, 1.54) is 0 Å². The first-order valence-electron chi connectivity index (χ1n) is 5.24. The fraction of sp³-hybridized carbons (Fsp3) is 0.333. The van der Waals surface area contributed by atoms with Gasteiger partial charge in [0.15, 0.2) is 0 Å². The predicted molar refractivity (Wildman–Crippen MR) is 80.4 cm³/mol. The van der Waals surface area contributed by atoms with Gasteiger partial charge in [0.05, 0.1) is 0 Å². The van der Waals surface area contributed by atoms with Gasteiger partial charge in [-0.05, 0) is 24.6 Å². The van der Waals surface area contributed by atoms with E-state index in [-0.39, 0.29) is 6.04 Å². The second kappa shape index (κ2) is 5.00. The summed E-state index contributed by atoms with van der Waals surface area (Å²) in [5.41, 5.74) is 2.22. The van der Waals surface area contributed by atoms with E-state index in [0.29, 0.717) is 0 Å². The molecule has 0 N–H and O–H groups in total. The van der Waals surface area contributed by atoms with E-state index in [1.54, 1.807) is 0 Å². The molecular weight excluding hydrogens is 344 g/mol. The Balaban J connectivity index is 2.54. The lowest BCUT2D eigenvalue weighted by molar-refractivity contribution is 0.705. The molecule has 0 amide bonds. The third-order valence-corrected chi connectivity index (χ3v) is 4.05. The molecule has 0 unspecified atom stereocenters. The van der Waals surface area contributed by atoms with Crippen LogP contribution >= 0.6 is 50.7 Å². The Kier molecular flexibility index (Phi) is 3.99. The summed E-state index contributed by atoms with van der Waals surface area (Å²) in [7, 11) is 0. The van der Waals surface area contributed by atoms with Crippen molar-refractivity contribution in [3.05, 3.63) is 34.3 Å². The monoisotopic (exact) mass is 353 g/mol. The first-order chi connectivity index (χ1) is 7.95. The summed E-state index contributed by atoms with van der Waals surface area (Å²) in [6.07, 6.45) is 2.01. The number of fused-ring (bicyclic) bond motifs is 1. The summed E-state index contributed by atoms with van der Waals surface area (Å²) >= 11 is 21.7. The molecule has 0 saturated carbocycles. The molecule has 1 aromatic carbocycles. The molecule has 92 valence electrons. The van der Waals surface area contributed by atoms with E-state index in [9.17, 15) is 0 Å². The standard InChI is InChI=1S/C12H11BrCl3N/c1-2-17-10-6-4-3-5-8(10)7-9(13)11(17)12(14,15)16/h3-7,11H,2H2,1H3/t11-/m0/s1. The minimum atomic E-state index is -1.36. The Labute approximate surface area is 124 Å². The van der Waals surface area contributed by atoms with Crippen molar-refractivity contribution in [1.29, 1.82) is 0 Å². The van der Waals surface area contributed by atoms with Crippen LogP contribution in [0.3, 0.4) is 0 Å². The number of alkyl halides is 3. The van der Waals surface area contributed by atoms with Crippen molar-refractivity contribution in [2.75, 3.05) is 11.4 Å². The zero-order valence-corrected chi connectivity index (χ0v) is 13.0. The average molecular weight is 355 g/mol. The van der Waals surface area contributed by atoms with Gasteiger partial charge >= 0.3 is 0 Å². The van der Waals surface area contributed by atoms with E-state index in [4.69, 9.17) is 34.8 Å². The Bertz CT molecular complexity index is 453. The molecule has 0 aromatic heterocycles. The predicted octanol–water partition coefficient (Wildman–Crippen LogP) is 5.00. The highest BCUT2D eigenvalue weighted by Gasteiger charge is 2.41. The number of hydrogen-bond acceptors (Lipinski definition) is 1. The van der Waals surface area contributed by atoms with E-state index in [1.807, 2.05) is 37.3 Å². The first-order valence-corrected chi connectivity index (χ1v) is 7.17. The van der Waals surface area contributed by atoms with Gasteiger partial charge in [0.25, 0.3) is 0 Å². The van der Waals surface area contributed by atoms with Crippen LogP contribution < -0.4 is 4.90 Å². The van der Waals surface area contributed by atoms with Crippen LogP contribution in [-0.2, 0) is 0 Å². The van der Waals surface area contributed by atoms with Crippen LogP contribution in [0.4, 0.5) is 5.69 Å². The molecule has 1 aromatic rings. The minimum Gasteiger partial charge on any atom is -0.359 e. The molecule has 0 radical (unpaired) electrons. The van der Waals surface area contributed by atoms with Crippen molar-refractivity contribution in [3.8, 4) is 0 Å². The molecule has 0 bridgehead atoms. The Morgan fingerprint density at radius 3 is 2.53 bits per heavy atom. The number of rotatable bonds is 1. The Morgan fingerprint density at radius 2 is 1.94 bits per heavy atom. The molecule has 5 heteroatoms. The number of hydrogen-bond donors (Lipinski definition) is 0. The SMILES string of the molecule is CCN1c2ccccc2C=C(Br)[C@H]1C(Cl)(Cl)Cl. The molecule has 17 heavy (non-hydrogen) atoms. The van der Waals surface area contributed by atoms with Gasteiger partial charge in [-0.1, -0.05) is 68.9 Å². The van der Waals surface area contributed by atoms with Crippen LogP contribution in [0.5, 0.6) is 0 Å². The number of nitrogens with zero attached hydrogens (tertiary/aromatic N) is 1. The summed E-state index contributed by atoms with van der Waals surface area (Å²) in [5, 5.41) is 0. The van der Waals surface area contributed by atoms with Gasteiger partial charge in [0.1, 0.15) is 6.04 Å². The van der Waals surface area contributed by atoms with Gasteiger partial charge in [0, 0.05) is 16.7 Å². The molecule has 2 rings (SSSR count). The molecule has 1 nitrogen and oxygen atoms in total. The van der Waals surface area contributed by atoms with Crippen LogP contribution in [0.1, 0.15) is 12.5 Å². The average Bonchev–Trinajstić information content (AvgIpc) is 2.25. The van der Waals surface area contributed by atoms with Crippen molar-refractivity contribution in [3.63, 3.8) is 0 Å². The van der Waals surface area contributed by atoms with E-state index >= 15 is 0 Å². The van der Waals surface area contributed by atoms with Crippen molar-refractivity contribution < 1.29 is 0 Å². The second-order valence-electron chi connectivity index (χ2n) is 3.82. The van der Waals surface area contributed by atoms with Gasteiger partial charge in [-0.3, -0.25) is 0 Å². The van der Waals surface area contributed by atoms with Crippen LogP contribution in [-0.4, -0.2) is 16.4 Å². The van der Waals surface area contributed by atoms with Crippen LogP contribution in [0.15, 0.2) is 28.7 Å². The fourth-order valence-corrected chi connectivity index (χ4v) is 4.01. The Hall–Kier alpha value is 0.110. The van der Waals surface area contributed by atoms with Crippen molar-refractivity contribution in [1.82, 2.24) is 0 Å². The molecule has 0 spiro atoms. The van der Waals surface area contributed by atoms with Crippen molar-refractivity contribution >= 4 is 62.5 Å². The fourth-order valence-electron chi connectivity index (χ4n) is 2.07. The normalized spacial score (nSPS) is 19.9. The number of anilines is 1. The minimum absolute atomic E-state index is 0.285. The van der Waals surface area contributed by atoms with Gasteiger partial charge in [0.2, 0.25) is 3.79 Å². The lowest BCUT2D eigenvalue weighted by atomic mass is 10.0. The molecule has 0 fully saturated rings. The quantitative estimate of drug-likeness (QED) is 0.641. The zero-order chi connectivity index (χ0) is 12.6. The molecule has 0 saturated heterocycles. The van der Waals surface area contributed by atoms with Crippen LogP contribution in [0.2, 0.25) is 0 Å². The summed E-state index contributed by atoms with van der Waals surface area (Å²) in [5.74, 6) is 0. The maximum atomic E-state index is 6.07. The number of likely N-dealkylation sites (N-methyl/N-ethyl adjacent to an activating group) is 1. The maximum Gasteiger partial charge on any atom is 0.215 e. The van der Waals surface area contributed by atoms with E-state index in [2.05, 4.69) is 20.8 Å². The molecular formula is C12H11BrCl3N. The largest absolute Gasteiger partial charge is 0.359 e. The first kappa shape index (κ1) is 13.5. The molecule has 1 aliphatic rings. The number of benzene rings is 1. The van der Waals surface area contributed by atoms with Crippen LogP contribution in [0, 0.1) is 0 Å². The van der Waals surface area contributed by atoms with Crippen LogP contribution in [0.25, 0.3) is 6.08 Å². The van der Waals surface area contributed by atoms with Gasteiger partial charge in [-0.15, -0.1) is 0 Å². The number of halogens is 4. The topological polar surface area (TPSA) is 3.24 Å². The van der Waals surface area contributed by atoms with Gasteiger partial charge in [-0.25, -0.2) is 0 Å². The van der Waals surface area contributed by atoms with E-state index < -0.39 is 3.79 Å². The van der Waals surface area contributed by atoms with Crippen molar-refractivity contribution in [2.45, 2.75) is 16.8 Å². The summed E-state index contributed by atoms with van der Waals surface area (Å²) in [4.78, 5) is 2.09. The Morgan fingerprint density at radius 1 is 1.29 bits per heavy atom. The maximum absolute atomic E-state index is 6.07. The lowest BCUT2D eigenvalue weighted by Gasteiger charge is -2.40. The van der Waals surface area contributed by atoms with Crippen molar-refractivity contribution in [2.24, 2.45) is 0 Å².